The van der Waals surface area contributed by atoms with Gasteiger partial charge in [0.2, 0.25) is 0 Å². The van der Waals surface area contributed by atoms with E-state index < -0.39 is 0 Å². The Hall–Kier alpha value is -2.36. The number of H-pyrrole nitrogens is 2. The number of para-hydroxylation sites is 1. The maximum atomic E-state index is 11.1. The Bertz CT molecular complexity index is 740. The van der Waals surface area contributed by atoms with Gasteiger partial charge in [0.25, 0.3) is 5.56 Å². The van der Waals surface area contributed by atoms with Gasteiger partial charge in [0.05, 0.1) is 11.9 Å². The van der Waals surface area contributed by atoms with Gasteiger partial charge in [0.15, 0.2) is 0 Å². The first-order valence-electron chi connectivity index (χ1n) is 5.38. The van der Waals surface area contributed by atoms with Crippen LogP contribution in [-0.4, -0.2) is 15.0 Å². The van der Waals surface area contributed by atoms with Crippen LogP contribution in [0.5, 0.6) is 0 Å². The smallest absolute Gasteiger partial charge is 0.266 e. The third kappa shape index (κ3) is 1.54. The zero-order valence-corrected chi connectivity index (χ0v) is 9.32. The number of aromatic nitrogens is 3. The molecule has 0 radical (unpaired) electrons. The fourth-order valence-electron chi connectivity index (χ4n) is 2.04. The molecule has 4 nitrogen and oxygen atoms in total. The first-order valence-corrected chi connectivity index (χ1v) is 5.38. The average Bonchev–Trinajstić information content (AvgIpc) is 2.73. The Morgan fingerprint density at radius 2 is 2.06 bits per heavy atom. The molecule has 84 valence electrons. The molecule has 0 amide bonds. The maximum absolute atomic E-state index is 11.1. The van der Waals surface area contributed by atoms with Crippen molar-refractivity contribution >= 4 is 10.9 Å². The second kappa shape index (κ2) is 3.59. The number of fused-ring (bicyclic) bond motifs is 1. The molecule has 0 unspecified atom stereocenters. The third-order valence-corrected chi connectivity index (χ3v) is 2.82. The lowest BCUT2D eigenvalue weighted by Crippen LogP contribution is -2.08. The van der Waals surface area contributed by atoms with Crippen LogP contribution in [0.2, 0.25) is 0 Å². The zero-order chi connectivity index (χ0) is 11.8. The molecule has 0 saturated carbocycles. The number of nitrogens with zero attached hydrogens (tertiary/aromatic N) is 1. The van der Waals surface area contributed by atoms with Gasteiger partial charge in [-0.2, -0.15) is 0 Å². The summed E-state index contributed by atoms with van der Waals surface area (Å²) >= 11 is 0. The van der Waals surface area contributed by atoms with Crippen LogP contribution in [0.15, 0.2) is 41.5 Å². The molecule has 2 aromatic heterocycles. The second-order valence-corrected chi connectivity index (χ2v) is 3.97. The van der Waals surface area contributed by atoms with Gasteiger partial charge in [0, 0.05) is 28.4 Å². The highest BCUT2D eigenvalue weighted by Gasteiger charge is 2.09. The molecule has 3 aromatic rings. The van der Waals surface area contributed by atoms with E-state index in [0.717, 1.165) is 27.9 Å². The SMILES string of the molecule is Cc1[nH]c(=O)cnc1-c1c[nH]c2ccccc12. The van der Waals surface area contributed by atoms with Crippen LogP contribution < -0.4 is 5.56 Å². The van der Waals surface area contributed by atoms with Crippen molar-refractivity contribution in [1.82, 2.24) is 15.0 Å². The summed E-state index contributed by atoms with van der Waals surface area (Å²) in [5, 5.41) is 1.11. The van der Waals surface area contributed by atoms with E-state index in [1.165, 1.54) is 6.20 Å². The predicted molar refractivity (Wildman–Crippen MR) is 66.9 cm³/mol. The average molecular weight is 225 g/mol. The minimum absolute atomic E-state index is 0.175. The van der Waals surface area contributed by atoms with Crippen molar-refractivity contribution in [2.24, 2.45) is 0 Å². The largest absolute Gasteiger partial charge is 0.360 e. The van der Waals surface area contributed by atoms with Crippen LogP contribution in [0.1, 0.15) is 5.69 Å². The normalized spacial score (nSPS) is 10.9. The molecule has 2 N–H and O–H groups in total. The van der Waals surface area contributed by atoms with Gasteiger partial charge in [-0.05, 0) is 13.0 Å². The quantitative estimate of drug-likeness (QED) is 0.667. The highest BCUT2D eigenvalue weighted by molar-refractivity contribution is 5.94. The van der Waals surface area contributed by atoms with Gasteiger partial charge in [-0.1, -0.05) is 18.2 Å². The Balaban J connectivity index is 2.31. The molecule has 0 spiro atoms. The molecule has 0 fully saturated rings. The van der Waals surface area contributed by atoms with E-state index in [-0.39, 0.29) is 5.56 Å². The molecule has 0 saturated heterocycles. The van der Waals surface area contributed by atoms with Crippen LogP contribution >= 0.6 is 0 Å². The van der Waals surface area contributed by atoms with Crippen LogP contribution in [0.4, 0.5) is 0 Å². The summed E-state index contributed by atoms with van der Waals surface area (Å²) in [7, 11) is 0. The van der Waals surface area contributed by atoms with E-state index in [1.807, 2.05) is 37.4 Å². The fourth-order valence-corrected chi connectivity index (χ4v) is 2.04. The summed E-state index contributed by atoms with van der Waals surface area (Å²) in [5.41, 5.74) is 3.49. The van der Waals surface area contributed by atoms with E-state index in [1.54, 1.807) is 0 Å². The number of hydrogen-bond donors (Lipinski definition) is 2. The maximum Gasteiger partial charge on any atom is 0.266 e. The van der Waals surface area contributed by atoms with Crippen LogP contribution in [0.3, 0.4) is 0 Å². The minimum Gasteiger partial charge on any atom is -0.360 e. The van der Waals surface area contributed by atoms with Crippen molar-refractivity contribution in [1.29, 1.82) is 0 Å². The van der Waals surface area contributed by atoms with Gasteiger partial charge >= 0.3 is 0 Å². The first kappa shape index (κ1) is 9.84. The van der Waals surface area contributed by atoms with Gasteiger partial charge in [0.1, 0.15) is 0 Å². The Morgan fingerprint density at radius 3 is 2.88 bits per heavy atom. The molecule has 0 aliphatic rings. The van der Waals surface area contributed by atoms with Crippen LogP contribution in [-0.2, 0) is 0 Å². The zero-order valence-electron chi connectivity index (χ0n) is 9.32. The van der Waals surface area contributed by atoms with E-state index in [2.05, 4.69) is 15.0 Å². The van der Waals surface area contributed by atoms with Crippen molar-refractivity contribution in [3.8, 4) is 11.3 Å². The monoisotopic (exact) mass is 225 g/mol. The summed E-state index contributed by atoms with van der Waals surface area (Å²) in [6.45, 7) is 1.85. The number of hydrogen-bond acceptors (Lipinski definition) is 2. The molecule has 1 aromatic carbocycles. The molecular weight excluding hydrogens is 214 g/mol. The summed E-state index contributed by atoms with van der Waals surface area (Å²) in [6, 6.07) is 8.02. The number of aryl methyl sites for hydroxylation is 1. The molecule has 4 heteroatoms. The highest BCUT2D eigenvalue weighted by atomic mass is 16.1. The lowest BCUT2D eigenvalue weighted by Gasteiger charge is -2.02. The van der Waals surface area contributed by atoms with Crippen molar-refractivity contribution < 1.29 is 0 Å². The summed E-state index contributed by atoms with van der Waals surface area (Å²) in [5.74, 6) is 0. The van der Waals surface area contributed by atoms with Crippen LogP contribution in [0, 0.1) is 6.92 Å². The lowest BCUT2D eigenvalue weighted by atomic mass is 10.1. The van der Waals surface area contributed by atoms with Gasteiger partial charge < -0.3 is 9.97 Å². The van der Waals surface area contributed by atoms with Crippen LogP contribution in [0.25, 0.3) is 22.2 Å². The minimum atomic E-state index is -0.175. The van der Waals surface area contributed by atoms with Gasteiger partial charge in [-0.25, -0.2) is 4.98 Å². The van der Waals surface area contributed by atoms with E-state index in [9.17, 15) is 4.79 Å². The summed E-state index contributed by atoms with van der Waals surface area (Å²) in [4.78, 5) is 21.3. The molecule has 3 rings (SSSR count). The topological polar surface area (TPSA) is 61.5 Å². The molecule has 0 atom stereocenters. The molecular formula is C13H11N3O. The molecule has 17 heavy (non-hydrogen) atoms. The summed E-state index contributed by atoms with van der Waals surface area (Å²) < 4.78 is 0. The van der Waals surface area contributed by atoms with Crippen molar-refractivity contribution in [2.45, 2.75) is 6.92 Å². The number of nitrogens with one attached hydrogen (secondary N) is 2. The van der Waals surface area contributed by atoms with Gasteiger partial charge in [-0.3, -0.25) is 4.79 Å². The van der Waals surface area contributed by atoms with E-state index in [0.29, 0.717) is 0 Å². The van der Waals surface area contributed by atoms with E-state index >= 15 is 0 Å². The lowest BCUT2D eigenvalue weighted by molar-refractivity contribution is 1.08. The van der Waals surface area contributed by atoms with Gasteiger partial charge in [-0.15, -0.1) is 0 Å². The predicted octanol–water partition coefficient (Wildman–Crippen LogP) is 2.23. The number of aromatic amines is 2. The Labute approximate surface area is 97.3 Å². The Kier molecular flexibility index (Phi) is 2.08. The van der Waals surface area contributed by atoms with E-state index in [4.69, 9.17) is 0 Å². The van der Waals surface area contributed by atoms with Crippen molar-refractivity contribution in [2.75, 3.05) is 0 Å². The third-order valence-electron chi connectivity index (χ3n) is 2.82. The first-order chi connectivity index (χ1) is 8.25. The number of rotatable bonds is 1. The number of benzene rings is 1. The highest BCUT2D eigenvalue weighted by Crippen LogP contribution is 2.27. The van der Waals surface area contributed by atoms with Crippen molar-refractivity contribution in [3.05, 3.63) is 52.7 Å². The molecule has 0 bridgehead atoms. The standard InChI is InChI=1S/C13H11N3O/c1-8-13(15-7-12(17)16-8)10-6-14-11-5-3-2-4-9(10)11/h2-7,14H,1H3,(H,16,17). The second-order valence-electron chi connectivity index (χ2n) is 3.97. The molecule has 2 heterocycles. The Morgan fingerprint density at radius 1 is 1.24 bits per heavy atom. The van der Waals surface area contributed by atoms with Crippen molar-refractivity contribution in [3.63, 3.8) is 0 Å². The summed E-state index contributed by atoms with van der Waals surface area (Å²) in [6.07, 6.45) is 3.22. The fraction of sp³-hybridized carbons (Fsp3) is 0.0769. The molecule has 0 aliphatic carbocycles. The molecule has 0 aliphatic heterocycles.